The summed E-state index contributed by atoms with van der Waals surface area (Å²) in [5.74, 6) is -0.309. The molecular formula is C23H17NO3. The molecule has 1 amide bonds. The number of carbonyl (C=O) groups excluding carboxylic acids is 1. The highest BCUT2D eigenvalue weighted by molar-refractivity contribution is 6.12. The Morgan fingerprint density at radius 1 is 1.00 bits per heavy atom. The van der Waals surface area contributed by atoms with E-state index in [1.165, 1.54) is 0 Å². The van der Waals surface area contributed by atoms with Crippen molar-refractivity contribution in [2.45, 2.75) is 19.4 Å². The average molecular weight is 355 g/mol. The molecule has 1 unspecified atom stereocenters. The van der Waals surface area contributed by atoms with Crippen molar-refractivity contribution in [1.29, 1.82) is 0 Å². The van der Waals surface area contributed by atoms with Gasteiger partial charge in [0, 0.05) is 17.1 Å². The lowest BCUT2D eigenvalue weighted by Crippen LogP contribution is -2.38. The average Bonchev–Trinajstić information content (AvgIpc) is 3.02. The van der Waals surface area contributed by atoms with Gasteiger partial charge in [-0.05, 0) is 47.9 Å². The Morgan fingerprint density at radius 2 is 1.78 bits per heavy atom. The molecule has 1 aliphatic heterocycles. The summed E-state index contributed by atoms with van der Waals surface area (Å²) in [6.07, 6.45) is 0.782. The topological polar surface area (TPSA) is 50.5 Å². The molecule has 0 N–H and O–H groups in total. The molecule has 3 aromatic carbocycles. The van der Waals surface area contributed by atoms with Crippen molar-refractivity contribution in [1.82, 2.24) is 0 Å². The standard InChI is InChI=1S/C23H17NO3/c1-14-12-16-7-3-5-9-20(16)24(14)22(25)19-13-18-17-8-4-2-6-15(17)10-11-21(18)27-23(19)26/h2-11,13-14H,12H2,1H3. The van der Waals surface area contributed by atoms with Gasteiger partial charge in [0.25, 0.3) is 5.91 Å². The fraction of sp³-hybridized carbons (Fsp3) is 0.130. The van der Waals surface area contributed by atoms with Crippen molar-refractivity contribution >= 4 is 33.3 Å². The second kappa shape index (κ2) is 5.81. The van der Waals surface area contributed by atoms with Crippen LogP contribution >= 0.6 is 0 Å². The lowest BCUT2D eigenvalue weighted by atomic mass is 10.0. The van der Waals surface area contributed by atoms with Gasteiger partial charge in [-0.15, -0.1) is 0 Å². The van der Waals surface area contributed by atoms with E-state index in [0.717, 1.165) is 33.8 Å². The highest BCUT2D eigenvalue weighted by atomic mass is 16.4. The SMILES string of the molecule is CC1Cc2ccccc2N1C(=O)c1cc2c(ccc3ccccc32)oc1=O. The van der Waals surface area contributed by atoms with Crippen LogP contribution in [0, 0.1) is 0 Å². The molecule has 0 radical (unpaired) electrons. The summed E-state index contributed by atoms with van der Waals surface area (Å²) in [4.78, 5) is 27.6. The van der Waals surface area contributed by atoms with Gasteiger partial charge in [0.2, 0.25) is 0 Å². The lowest BCUT2D eigenvalue weighted by Gasteiger charge is -2.22. The lowest BCUT2D eigenvalue weighted by molar-refractivity contribution is 0.0978. The van der Waals surface area contributed by atoms with Crippen LogP contribution in [0.3, 0.4) is 0 Å². The summed E-state index contributed by atoms with van der Waals surface area (Å²) < 4.78 is 5.50. The highest BCUT2D eigenvalue weighted by Crippen LogP contribution is 2.33. The van der Waals surface area contributed by atoms with E-state index in [4.69, 9.17) is 4.42 Å². The third-order valence-corrected chi connectivity index (χ3v) is 5.30. The number of anilines is 1. The number of hydrogen-bond acceptors (Lipinski definition) is 3. The van der Waals surface area contributed by atoms with Crippen LogP contribution in [0.4, 0.5) is 5.69 Å². The molecule has 0 saturated carbocycles. The Morgan fingerprint density at radius 3 is 2.67 bits per heavy atom. The Hall–Kier alpha value is -3.40. The molecule has 27 heavy (non-hydrogen) atoms. The molecule has 2 heterocycles. The Balaban J connectivity index is 1.71. The van der Waals surface area contributed by atoms with Crippen LogP contribution < -0.4 is 10.5 Å². The number of para-hydroxylation sites is 1. The van der Waals surface area contributed by atoms with Gasteiger partial charge in [-0.2, -0.15) is 0 Å². The van der Waals surface area contributed by atoms with Gasteiger partial charge in [0.1, 0.15) is 11.1 Å². The first-order chi connectivity index (χ1) is 13.1. The van der Waals surface area contributed by atoms with Crippen LogP contribution in [0.5, 0.6) is 0 Å². The normalized spacial score (nSPS) is 16.0. The predicted octanol–water partition coefficient (Wildman–Crippen LogP) is 4.54. The number of benzene rings is 3. The first-order valence-electron chi connectivity index (χ1n) is 9.00. The van der Waals surface area contributed by atoms with Crippen LogP contribution in [-0.4, -0.2) is 11.9 Å². The highest BCUT2D eigenvalue weighted by Gasteiger charge is 2.33. The maximum absolute atomic E-state index is 13.3. The molecule has 4 aromatic rings. The van der Waals surface area contributed by atoms with Crippen LogP contribution in [0.25, 0.3) is 21.7 Å². The minimum atomic E-state index is -0.598. The molecule has 5 rings (SSSR count). The Bertz CT molecular complexity index is 1270. The van der Waals surface area contributed by atoms with Gasteiger partial charge in [-0.3, -0.25) is 4.79 Å². The minimum Gasteiger partial charge on any atom is -0.422 e. The first kappa shape index (κ1) is 15.8. The number of fused-ring (bicyclic) bond motifs is 4. The number of hydrogen-bond donors (Lipinski definition) is 0. The van der Waals surface area contributed by atoms with E-state index in [0.29, 0.717) is 5.58 Å². The van der Waals surface area contributed by atoms with Crippen LogP contribution in [0.2, 0.25) is 0 Å². The summed E-state index contributed by atoms with van der Waals surface area (Å²) in [6, 6.07) is 21.1. The molecule has 0 aliphatic carbocycles. The third-order valence-electron chi connectivity index (χ3n) is 5.30. The maximum atomic E-state index is 13.3. The van der Waals surface area contributed by atoms with E-state index in [9.17, 15) is 9.59 Å². The molecule has 1 atom stereocenters. The minimum absolute atomic E-state index is 0.00230. The van der Waals surface area contributed by atoms with Crippen molar-refractivity contribution < 1.29 is 9.21 Å². The second-order valence-corrected chi connectivity index (χ2v) is 7.00. The quantitative estimate of drug-likeness (QED) is 0.372. The molecule has 1 aliphatic rings. The van der Waals surface area contributed by atoms with E-state index in [-0.39, 0.29) is 17.5 Å². The summed E-state index contributed by atoms with van der Waals surface area (Å²) in [5, 5.41) is 2.77. The number of rotatable bonds is 1. The Kier molecular flexibility index (Phi) is 3.41. The first-order valence-corrected chi connectivity index (χ1v) is 9.00. The molecule has 4 heteroatoms. The molecule has 1 aromatic heterocycles. The zero-order valence-electron chi connectivity index (χ0n) is 14.8. The number of carbonyl (C=O) groups is 1. The molecule has 132 valence electrons. The molecule has 0 saturated heterocycles. The fourth-order valence-corrected chi connectivity index (χ4v) is 4.03. The van der Waals surface area contributed by atoms with Crippen molar-refractivity contribution in [3.8, 4) is 0 Å². The van der Waals surface area contributed by atoms with Crippen LogP contribution in [0.1, 0.15) is 22.8 Å². The molecule has 4 nitrogen and oxygen atoms in total. The maximum Gasteiger partial charge on any atom is 0.349 e. The zero-order valence-corrected chi connectivity index (χ0v) is 14.8. The van der Waals surface area contributed by atoms with Gasteiger partial charge < -0.3 is 9.32 Å². The van der Waals surface area contributed by atoms with Crippen molar-refractivity contribution in [2.75, 3.05) is 4.90 Å². The monoisotopic (exact) mass is 355 g/mol. The molecule has 0 bridgehead atoms. The summed E-state index contributed by atoms with van der Waals surface area (Å²) in [5.41, 5.74) is 1.95. The second-order valence-electron chi connectivity index (χ2n) is 7.00. The van der Waals surface area contributed by atoms with E-state index in [1.54, 1.807) is 17.0 Å². The van der Waals surface area contributed by atoms with E-state index < -0.39 is 5.63 Å². The molecule has 0 spiro atoms. The van der Waals surface area contributed by atoms with Crippen LogP contribution in [-0.2, 0) is 6.42 Å². The van der Waals surface area contributed by atoms with Gasteiger partial charge in [0.15, 0.2) is 0 Å². The molecule has 0 fully saturated rings. The largest absolute Gasteiger partial charge is 0.422 e. The van der Waals surface area contributed by atoms with Crippen molar-refractivity contribution in [2.24, 2.45) is 0 Å². The van der Waals surface area contributed by atoms with Crippen molar-refractivity contribution in [3.05, 3.63) is 88.3 Å². The fourth-order valence-electron chi connectivity index (χ4n) is 4.03. The Labute approximate surface area is 155 Å². The van der Waals surface area contributed by atoms with Gasteiger partial charge in [-0.25, -0.2) is 4.79 Å². The number of amides is 1. The third kappa shape index (κ3) is 2.37. The summed E-state index contributed by atoms with van der Waals surface area (Å²) >= 11 is 0. The predicted molar refractivity (Wildman–Crippen MR) is 106 cm³/mol. The summed E-state index contributed by atoms with van der Waals surface area (Å²) in [6.45, 7) is 2.00. The van der Waals surface area contributed by atoms with Gasteiger partial charge in [-0.1, -0.05) is 48.5 Å². The van der Waals surface area contributed by atoms with E-state index in [1.807, 2.05) is 61.5 Å². The van der Waals surface area contributed by atoms with Crippen LogP contribution in [0.15, 0.2) is 75.9 Å². The molecular weight excluding hydrogens is 338 g/mol. The van der Waals surface area contributed by atoms with Crippen molar-refractivity contribution in [3.63, 3.8) is 0 Å². The van der Waals surface area contributed by atoms with Gasteiger partial charge in [0.05, 0.1) is 0 Å². The summed E-state index contributed by atoms with van der Waals surface area (Å²) in [7, 11) is 0. The smallest absolute Gasteiger partial charge is 0.349 e. The number of nitrogens with zero attached hydrogens (tertiary/aromatic N) is 1. The zero-order chi connectivity index (χ0) is 18.5. The van der Waals surface area contributed by atoms with Gasteiger partial charge >= 0.3 is 5.63 Å². The van der Waals surface area contributed by atoms with E-state index in [2.05, 4.69) is 0 Å². The van der Waals surface area contributed by atoms with E-state index >= 15 is 0 Å².